The smallest absolute Gasteiger partial charge is 0.166 e. The quantitative estimate of drug-likeness (QED) is 0.623. The summed E-state index contributed by atoms with van der Waals surface area (Å²) in [6, 6.07) is 0. The third-order valence-electron chi connectivity index (χ3n) is 2.49. The van der Waals surface area contributed by atoms with E-state index >= 15 is 0 Å². The number of hydrogen-bond donors (Lipinski definition) is 0. The fraction of sp³-hybridized carbons (Fsp3) is 0.273. The summed E-state index contributed by atoms with van der Waals surface area (Å²) in [4.78, 5) is 0. The van der Waals surface area contributed by atoms with Gasteiger partial charge in [0, 0.05) is 5.56 Å². The first-order chi connectivity index (χ1) is 6.00. The van der Waals surface area contributed by atoms with E-state index in [1.165, 1.54) is 6.08 Å². The van der Waals surface area contributed by atoms with Crippen LogP contribution in [0, 0.1) is 32.4 Å². The maximum atomic E-state index is 13.3. The zero-order valence-electron chi connectivity index (χ0n) is 8.04. The topological polar surface area (TPSA) is 0 Å². The van der Waals surface area contributed by atoms with E-state index in [0.717, 1.165) is 11.1 Å². The van der Waals surface area contributed by atoms with Gasteiger partial charge >= 0.3 is 0 Å². The fourth-order valence-electron chi connectivity index (χ4n) is 1.34. The molecule has 0 aliphatic rings. The molecule has 1 rings (SSSR count). The number of halogens is 2. The lowest BCUT2D eigenvalue weighted by Crippen LogP contribution is -2.00. The van der Waals surface area contributed by atoms with Crippen LogP contribution in [0.4, 0.5) is 8.78 Å². The van der Waals surface area contributed by atoms with Crippen molar-refractivity contribution in [3.05, 3.63) is 40.5 Å². The van der Waals surface area contributed by atoms with Crippen molar-refractivity contribution in [3.8, 4) is 0 Å². The average Bonchev–Trinajstić information content (AvgIpc) is 2.13. The van der Waals surface area contributed by atoms with Crippen LogP contribution < -0.4 is 0 Å². The Kier molecular flexibility index (Phi) is 2.50. The molecule has 70 valence electrons. The van der Waals surface area contributed by atoms with E-state index in [9.17, 15) is 8.78 Å². The van der Waals surface area contributed by atoms with Crippen LogP contribution in [0.3, 0.4) is 0 Å². The Bertz CT molecular complexity index is 336. The maximum Gasteiger partial charge on any atom is 0.166 e. The molecule has 13 heavy (non-hydrogen) atoms. The molecular formula is C11H12F2. The minimum absolute atomic E-state index is 0.264. The van der Waals surface area contributed by atoms with Crippen LogP contribution in [-0.4, -0.2) is 0 Å². The number of rotatable bonds is 1. The van der Waals surface area contributed by atoms with Crippen molar-refractivity contribution >= 4 is 6.08 Å². The van der Waals surface area contributed by atoms with Crippen molar-refractivity contribution < 1.29 is 8.78 Å². The number of benzene rings is 1. The lowest BCUT2D eigenvalue weighted by molar-refractivity contribution is 0.499. The molecule has 0 N–H and O–H groups in total. The van der Waals surface area contributed by atoms with Crippen LogP contribution >= 0.6 is 0 Å². The Labute approximate surface area is 76.9 Å². The van der Waals surface area contributed by atoms with E-state index < -0.39 is 11.6 Å². The van der Waals surface area contributed by atoms with Gasteiger partial charge in [-0.25, -0.2) is 8.78 Å². The molecule has 0 fully saturated rings. The molecule has 0 aromatic heterocycles. The lowest BCUT2D eigenvalue weighted by atomic mass is 9.97. The van der Waals surface area contributed by atoms with E-state index in [1.807, 2.05) is 0 Å². The van der Waals surface area contributed by atoms with Gasteiger partial charge in [-0.05, 0) is 37.5 Å². The van der Waals surface area contributed by atoms with Gasteiger partial charge in [-0.2, -0.15) is 0 Å². The van der Waals surface area contributed by atoms with Gasteiger partial charge in [0.2, 0.25) is 0 Å². The summed E-state index contributed by atoms with van der Waals surface area (Å²) in [6.45, 7) is 8.58. The van der Waals surface area contributed by atoms with E-state index in [1.54, 1.807) is 20.8 Å². The van der Waals surface area contributed by atoms with Crippen molar-refractivity contribution in [2.75, 3.05) is 0 Å². The average molecular weight is 182 g/mol. The molecule has 0 aliphatic heterocycles. The molecule has 0 spiro atoms. The molecule has 0 aliphatic carbocycles. The SMILES string of the molecule is C=Cc1c(C)c(C)c(C)c(F)c1F. The molecule has 0 unspecified atom stereocenters. The van der Waals surface area contributed by atoms with E-state index in [2.05, 4.69) is 6.58 Å². The van der Waals surface area contributed by atoms with E-state index in [-0.39, 0.29) is 5.56 Å². The lowest BCUT2D eigenvalue weighted by Gasteiger charge is -2.10. The minimum Gasteiger partial charge on any atom is -0.203 e. The molecule has 0 saturated carbocycles. The van der Waals surface area contributed by atoms with Gasteiger partial charge in [-0.15, -0.1) is 0 Å². The van der Waals surface area contributed by atoms with Gasteiger partial charge in [-0.3, -0.25) is 0 Å². The van der Waals surface area contributed by atoms with E-state index in [0.29, 0.717) is 5.56 Å². The Balaban J connectivity index is 3.66. The highest BCUT2D eigenvalue weighted by Crippen LogP contribution is 2.25. The van der Waals surface area contributed by atoms with Gasteiger partial charge in [0.15, 0.2) is 11.6 Å². The van der Waals surface area contributed by atoms with Crippen LogP contribution in [0.1, 0.15) is 22.3 Å². The molecule has 0 nitrogen and oxygen atoms in total. The van der Waals surface area contributed by atoms with Crippen molar-refractivity contribution in [1.29, 1.82) is 0 Å². The van der Waals surface area contributed by atoms with Gasteiger partial charge in [-0.1, -0.05) is 12.7 Å². The van der Waals surface area contributed by atoms with Gasteiger partial charge in [0.05, 0.1) is 0 Å². The van der Waals surface area contributed by atoms with Crippen molar-refractivity contribution in [2.24, 2.45) is 0 Å². The molecule has 1 aromatic rings. The Hall–Kier alpha value is -1.18. The second-order valence-electron chi connectivity index (χ2n) is 3.12. The van der Waals surface area contributed by atoms with Crippen LogP contribution in [0.5, 0.6) is 0 Å². The number of hydrogen-bond acceptors (Lipinski definition) is 0. The highest BCUT2D eigenvalue weighted by Gasteiger charge is 2.15. The zero-order valence-corrected chi connectivity index (χ0v) is 8.04. The predicted molar refractivity (Wildman–Crippen MR) is 50.7 cm³/mol. The standard InChI is InChI=1S/C11H12F2/c1-5-9-7(3)6(2)8(4)10(12)11(9)13/h5H,1H2,2-4H3. The molecule has 0 saturated heterocycles. The zero-order chi connectivity index (χ0) is 10.2. The van der Waals surface area contributed by atoms with Gasteiger partial charge < -0.3 is 0 Å². The van der Waals surface area contributed by atoms with Crippen LogP contribution in [0.15, 0.2) is 6.58 Å². The molecule has 0 amide bonds. The van der Waals surface area contributed by atoms with Gasteiger partial charge in [0.25, 0.3) is 0 Å². The summed E-state index contributed by atoms with van der Waals surface area (Å²) in [7, 11) is 0. The summed E-state index contributed by atoms with van der Waals surface area (Å²) in [5, 5.41) is 0. The predicted octanol–water partition coefficient (Wildman–Crippen LogP) is 3.53. The fourth-order valence-corrected chi connectivity index (χ4v) is 1.34. The summed E-state index contributed by atoms with van der Waals surface area (Å²) in [5.41, 5.74) is 2.18. The molecule has 0 bridgehead atoms. The highest BCUT2D eigenvalue weighted by atomic mass is 19.2. The molecular weight excluding hydrogens is 170 g/mol. The minimum atomic E-state index is -0.796. The van der Waals surface area contributed by atoms with E-state index in [4.69, 9.17) is 0 Å². The molecule has 0 radical (unpaired) electrons. The Morgan fingerprint density at radius 2 is 1.46 bits per heavy atom. The third-order valence-corrected chi connectivity index (χ3v) is 2.49. The summed E-state index contributed by atoms with van der Waals surface area (Å²) in [6.07, 6.45) is 1.35. The first-order valence-corrected chi connectivity index (χ1v) is 4.07. The second kappa shape index (κ2) is 3.29. The van der Waals surface area contributed by atoms with Gasteiger partial charge in [0.1, 0.15) is 0 Å². The van der Waals surface area contributed by atoms with Crippen molar-refractivity contribution in [3.63, 3.8) is 0 Å². The van der Waals surface area contributed by atoms with Crippen molar-refractivity contribution in [1.82, 2.24) is 0 Å². The highest BCUT2D eigenvalue weighted by molar-refractivity contribution is 5.56. The monoisotopic (exact) mass is 182 g/mol. The first-order valence-electron chi connectivity index (χ1n) is 4.07. The molecule has 0 heterocycles. The Morgan fingerprint density at radius 1 is 0.923 bits per heavy atom. The summed E-state index contributed by atoms with van der Waals surface area (Å²) >= 11 is 0. The summed E-state index contributed by atoms with van der Waals surface area (Å²) in [5.74, 6) is -1.56. The van der Waals surface area contributed by atoms with Crippen LogP contribution in [0.25, 0.3) is 6.08 Å². The molecule has 0 atom stereocenters. The second-order valence-corrected chi connectivity index (χ2v) is 3.12. The molecule has 2 heteroatoms. The van der Waals surface area contributed by atoms with Crippen LogP contribution in [-0.2, 0) is 0 Å². The largest absolute Gasteiger partial charge is 0.203 e. The summed E-state index contributed by atoms with van der Waals surface area (Å²) < 4.78 is 26.5. The van der Waals surface area contributed by atoms with Crippen molar-refractivity contribution in [2.45, 2.75) is 20.8 Å². The Morgan fingerprint density at radius 3 is 1.92 bits per heavy atom. The third kappa shape index (κ3) is 1.37. The first kappa shape index (κ1) is 9.90. The van der Waals surface area contributed by atoms with Crippen LogP contribution in [0.2, 0.25) is 0 Å². The molecule has 1 aromatic carbocycles. The maximum absolute atomic E-state index is 13.3. The normalized spacial score (nSPS) is 10.2.